The average Bonchev–Trinajstić information content (AvgIpc) is 3.24. The first-order valence-electron chi connectivity index (χ1n) is 11.5. The van der Waals surface area contributed by atoms with Gasteiger partial charge in [0, 0.05) is 20.1 Å². The van der Waals surface area contributed by atoms with Crippen molar-refractivity contribution in [2.24, 2.45) is 0 Å². The number of allylic oxidation sites excluding steroid dienone is 5. The summed E-state index contributed by atoms with van der Waals surface area (Å²) in [5, 5.41) is 0. The molecule has 1 saturated heterocycles. The van der Waals surface area contributed by atoms with Gasteiger partial charge in [0.05, 0.1) is 23.9 Å². The Bertz CT molecular complexity index is 710. The number of carbonyl (C=O) groups is 1. The molecule has 2 aliphatic heterocycles. The zero-order chi connectivity index (χ0) is 22.1. The van der Waals surface area contributed by atoms with Crippen LogP contribution in [-0.4, -0.2) is 43.3 Å². The van der Waals surface area contributed by atoms with Crippen LogP contribution in [0.15, 0.2) is 46.2 Å². The van der Waals surface area contributed by atoms with E-state index in [4.69, 9.17) is 9.47 Å². The Morgan fingerprint density at radius 2 is 1.77 bits per heavy atom. The van der Waals surface area contributed by atoms with Crippen LogP contribution in [0.3, 0.4) is 0 Å². The highest BCUT2D eigenvalue weighted by atomic mass is 16.5. The highest BCUT2D eigenvalue weighted by molar-refractivity contribution is 5.91. The molecule has 2 atom stereocenters. The largest absolute Gasteiger partial charge is 0.452 e. The topological polar surface area (TPSA) is 38.8 Å². The van der Waals surface area contributed by atoms with Gasteiger partial charge in [-0.1, -0.05) is 34.9 Å². The second kappa shape index (κ2) is 12.1. The third kappa shape index (κ3) is 7.16. The van der Waals surface area contributed by atoms with Crippen LogP contribution in [0.25, 0.3) is 0 Å². The van der Waals surface area contributed by atoms with E-state index < -0.39 is 0 Å². The molecule has 2 heterocycles. The Labute approximate surface area is 183 Å². The molecule has 2 unspecified atom stereocenters. The molecular weight excluding hydrogens is 374 g/mol. The van der Waals surface area contributed by atoms with E-state index in [1.807, 2.05) is 6.92 Å². The number of esters is 1. The zero-order valence-electron chi connectivity index (χ0n) is 19.9. The number of nitrogens with zero attached hydrogens (tertiary/aromatic N) is 1. The molecule has 30 heavy (non-hydrogen) atoms. The molecule has 0 amide bonds. The van der Waals surface area contributed by atoms with Gasteiger partial charge in [-0.15, -0.1) is 0 Å². The van der Waals surface area contributed by atoms with Crippen molar-refractivity contribution in [2.75, 3.05) is 20.3 Å². The van der Waals surface area contributed by atoms with Crippen molar-refractivity contribution in [3.63, 3.8) is 0 Å². The van der Waals surface area contributed by atoms with Gasteiger partial charge >= 0.3 is 5.97 Å². The fraction of sp³-hybridized carbons (Fsp3) is 0.654. The van der Waals surface area contributed by atoms with Crippen LogP contribution in [0.1, 0.15) is 79.6 Å². The molecular formula is C26H41NO3. The molecule has 2 aliphatic rings. The maximum atomic E-state index is 12.3. The van der Waals surface area contributed by atoms with Gasteiger partial charge in [0.2, 0.25) is 0 Å². The van der Waals surface area contributed by atoms with Crippen molar-refractivity contribution in [1.82, 2.24) is 4.90 Å². The second-order valence-electron chi connectivity index (χ2n) is 9.04. The number of hydrogen-bond acceptors (Lipinski definition) is 4. The summed E-state index contributed by atoms with van der Waals surface area (Å²) in [7, 11) is 1.75. The van der Waals surface area contributed by atoms with E-state index in [1.54, 1.807) is 7.11 Å². The number of hydrogen-bond donors (Lipinski definition) is 0. The molecule has 4 heteroatoms. The maximum absolute atomic E-state index is 12.3. The van der Waals surface area contributed by atoms with Crippen LogP contribution in [0, 0.1) is 0 Å². The fourth-order valence-electron chi connectivity index (χ4n) is 4.35. The van der Waals surface area contributed by atoms with Gasteiger partial charge in [0.25, 0.3) is 0 Å². The number of methoxy groups -OCH3 is 1. The highest BCUT2D eigenvalue weighted by Gasteiger charge is 2.38. The van der Waals surface area contributed by atoms with E-state index in [0.717, 1.165) is 62.8 Å². The van der Waals surface area contributed by atoms with Gasteiger partial charge in [-0.2, -0.15) is 0 Å². The molecule has 0 aromatic carbocycles. The lowest BCUT2D eigenvalue weighted by atomic mass is 10.0. The van der Waals surface area contributed by atoms with E-state index in [2.05, 4.69) is 50.8 Å². The molecule has 0 aliphatic carbocycles. The van der Waals surface area contributed by atoms with Crippen LogP contribution in [0.2, 0.25) is 0 Å². The molecule has 0 spiro atoms. The minimum absolute atomic E-state index is 0.161. The zero-order valence-corrected chi connectivity index (χ0v) is 19.9. The van der Waals surface area contributed by atoms with Crippen molar-refractivity contribution in [2.45, 2.75) is 91.7 Å². The number of rotatable bonds is 11. The van der Waals surface area contributed by atoms with Gasteiger partial charge in [0.15, 0.2) is 0 Å². The van der Waals surface area contributed by atoms with Crippen molar-refractivity contribution in [3.05, 3.63) is 46.2 Å². The molecule has 2 rings (SSSR count). The van der Waals surface area contributed by atoms with Crippen molar-refractivity contribution < 1.29 is 14.3 Å². The monoisotopic (exact) mass is 415 g/mol. The SMILES string of the molecule is COCC1CCCN1C1=C(C)C(=O)OC1CC=C(C)CCC=C(C)CCC=C(C)C. The minimum atomic E-state index is -0.168. The smallest absolute Gasteiger partial charge is 0.336 e. The molecule has 168 valence electrons. The molecule has 0 saturated carbocycles. The molecule has 4 nitrogen and oxygen atoms in total. The van der Waals surface area contributed by atoms with Crippen LogP contribution < -0.4 is 0 Å². The van der Waals surface area contributed by atoms with Crippen molar-refractivity contribution in [3.8, 4) is 0 Å². The van der Waals surface area contributed by atoms with E-state index in [0.29, 0.717) is 12.6 Å². The minimum Gasteiger partial charge on any atom is -0.452 e. The first-order valence-corrected chi connectivity index (χ1v) is 11.5. The van der Waals surface area contributed by atoms with Crippen LogP contribution in [-0.2, 0) is 14.3 Å². The maximum Gasteiger partial charge on any atom is 0.336 e. The molecule has 0 aromatic heterocycles. The average molecular weight is 416 g/mol. The lowest BCUT2D eigenvalue weighted by molar-refractivity contribution is -0.139. The number of carbonyl (C=O) groups excluding carboxylic acids is 1. The quantitative estimate of drug-likeness (QED) is 0.302. The molecule has 1 fully saturated rings. The van der Waals surface area contributed by atoms with Crippen LogP contribution in [0.4, 0.5) is 0 Å². The lowest BCUT2D eigenvalue weighted by Crippen LogP contribution is -2.36. The molecule has 0 N–H and O–H groups in total. The van der Waals surface area contributed by atoms with Gasteiger partial charge in [-0.25, -0.2) is 4.79 Å². The fourth-order valence-corrected chi connectivity index (χ4v) is 4.35. The summed E-state index contributed by atoms with van der Waals surface area (Å²) in [6.45, 7) is 12.3. The number of likely N-dealkylation sites (tertiary alicyclic amines) is 1. The van der Waals surface area contributed by atoms with Crippen LogP contribution >= 0.6 is 0 Å². The summed E-state index contributed by atoms with van der Waals surface area (Å²) in [6, 6.07) is 0.349. The Morgan fingerprint density at radius 1 is 1.10 bits per heavy atom. The molecule has 0 aromatic rings. The standard InChI is InChI=1S/C26H41NO3/c1-19(2)10-7-11-20(3)12-8-13-21(4)15-16-24-25(22(5)26(28)30-24)27-17-9-14-23(27)18-29-6/h10,12,15,23-24H,7-9,11,13-14,16-18H2,1-6H3. The molecule has 0 bridgehead atoms. The summed E-state index contributed by atoms with van der Waals surface area (Å²) < 4.78 is 11.1. The Morgan fingerprint density at radius 3 is 2.43 bits per heavy atom. The van der Waals surface area contributed by atoms with Crippen molar-refractivity contribution in [1.29, 1.82) is 0 Å². The summed E-state index contributed by atoms with van der Waals surface area (Å²) >= 11 is 0. The predicted molar refractivity (Wildman–Crippen MR) is 124 cm³/mol. The second-order valence-corrected chi connectivity index (χ2v) is 9.04. The van der Waals surface area contributed by atoms with Crippen molar-refractivity contribution >= 4 is 5.97 Å². The van der Waals surface area contributed by atoms with E-state index in [1.165, 1.54) is 16.7 Å². The number of cyclic esters (lactones) is 1. The van der Waals surface area contributed by atoms with E-state index in [9.17, 15) is 4.79 Å². The van der Waals surface area contributed by atoms with Gasteiger partial charge in [-0.3, -0.25) is 0 Å². The summed E-state index contributed by atoms with van der Waals surface area (Å²) in [5.74, 6) is -0.168. The van der Waals surface area contributed by atoms with E-state index in [-0.39, 0.29) is 12.1 Å². The van der Waals surface area contributed by atoms with Gasteiger partial charge in [-0.05, 0) is 73.1 Å². The first kappa shape index (κ1) is 24.5. The van der Waals surface area contributed by atoms with Gasteiger partial charge < -0.3 is 14.4 Å². The predicted octanol–water partition coefficient (Wildman–Crippen LogP) is 6.11. The third-order valence-corrected chi connectivity index (χ3v) is 6.09. The third-order valence-electron chi connectivity index (χ3n) is 6.09. The normalized spacial score (nSPS) is 22.7. The summed E-state index contributed by atoms with van der Waals surface area (Å²) in [4.78, 5) is 14.6. The van der Waals surface area contributed by atoms with Gasteiger partial charge in [0.1, 0.15) is 6.10 Å². The Hall–Kier alpha value is -1.81. The van der Waals surface area contributed by atoms with Crippen LogP contribution in [0.5, 0.6) is 0 Å². The first-order chi connectivity index (χ1) is 14.3. The summed E-state index contributed by atoms with van der Waals surface area (Å²) in [6.07, 6.45) is 14.1. The Kier molecular flexibility index (Phi) is 9.90. The van der Waals surface area contributed by atoms with E-state index >= 15 is 0 Å². The highest BCUT2D eigenvalue weighted by Crippen LogP contribution is 2.34. The number of ether oxygens (including phenoxy) is 2. The Balaban J connectivity index is 1.90. The molecule has 0 radical (unpaired) electrons. The lowest BCUT2D eigenvalue weighted by Gasteiger charge is -2.30. The summed E-state index contributed by atoms with van der Waals surface area (Å²) in [5.41, 5.74) is 6.06.